The molecule has 0 saturated heterocycles. The Morgan fingerprint density at radius 1 is 1.05 bits per heavy atom. The van der Waals surface area contributed by atoms with E-state index in [1.807, 2.05) is 0 Å². The molecule has 0 saturated carbocycles. The average molecular weight is 354 g/mol. The van der Waals surface area contributed by atoms with Gasteiger partial charge in [-0.1, -0.05) is 23.2 Å². The van der Waals surface area contributed by atoms with Gasteiger partial charge in [-0.15, -0.1) is 0 Å². The first-order chi connectivity index (χ1) is 9.81. The summed E-state index contributed by atoms with van der Waals surface area (Å²) in [7, 11) is 0. The van der Waals surface area contributed by atoms with Crippen LogP contribution < -0.4 is 4.90 Å². The van der Waals surface area contributed by atoms with E-state index in [4.69, 9.17) is 27.9 Å². The molecule has 0 aliphatic carbocycles. The van der Waals surface area contributed by atoms with Crippen molar-refractivity contribution in [3.05, 3.63) is 28.2 Å². The van der Waals surface area contributed by atoms with E-state index >= 15 is 0 Å². The Bertz CT molecular complexity index is 574. The highest BCUT2D eigenvalue weighted by Gasteiger charge is 2.42. The zero-order chi connectivity index (χ0) is 17.3. The van der Waals surface area contributed by atoms with Crippen molar-refractivity contribution in [2.45, 2.75) is 39.2 Å². The van der Waals surface area contributed by atoms with Crippen LogP contribution in [0.3, 0.4) is 0 Å². The highest BCUT2D eigenvalue weighted by molar-refractivity contribution is 6.35. The van der Waals surface area contributed by atoms with Gasteiger partial charge in [-0.3, -0.25) is 4.79 Å². The van der Waals surface area contributed by atoms with Gasteiger partial charge in [0, 0.05) is 17.0 Å². The van der Waals surface area contributed by atoms with Crippen LogP contribution in [0.4, 0.5) is 19.3 Å². The number of ether oxygens (including phenoxy) is 1. The van der Waals surface area contributed by atoms with Crippen LogP contribution in [-0.2, 0) is 9.53 Å². The Morgan fingerprint density at radius 3 is 1.86 bits per heavy atom. The monoisotopic (exact) mass is 353 g/mol. The van der Waals surface area contributed by atoms with Crippen molar-refractivity contribution >= 4 is 40.9 Å². The zero-order valence-electron chi connectivity index (χ0n) is 12.4. The Hall–Kier alpha value is -1.40. The quantitative estimate of drug-likeness (QED) is 0.758. The number of carbonyl (C=O) groups excluding carboxylic acids is 2. The molecule has 122 valence electrons. The lowest BCUT2D eigenvalue weighted by molar-refractivity contribution is -0.139. The van der Waals surface area contributed by atoms with Crippen LogP contribution in [0, 0.1) is 0 Å². The lowest BCUT2D eigenvalue weighted by atomic mass is 10.2. The molecule has 0 aliphatic heterocycles. The number of hydrogen-bond donors (Lipinski definition) is 0. The molecule has 0 spiro atoms. The summed E-state index contributed by atoms with van der Waals surface area (Å²) in [4.78, 5) is 24.3. The van der Waals surface area contributed by atoms with Gasteiger partial charge in [0.2, 0.25) is 0 Å². The summed E-state index contributed by atoms with van der Waals surface area (Å²) < 4.78 is 31.8. The van der Waals surface area contributed by atoms with Gasteiger partial charge in [0.05, 0.1) is 5.69 Å². The summed E-state index contributed by atoms with van der Waals surface area (Å²) in [6.07, 6.45) is -1.24. The number of carbonyl (C=O) groups is 2. The van der Waals surface area contributed by atoms with E-state index in [2.05, 4.69) is 0 Å². The minimum Gasteiger partial charge on any atom is -0.443 e. The molecule has 0 aromatic heterocycles. The normalized spacial score (nSPS) is 12.0. The van der Waals surface area contributed by atoms with Crippen molar-refractivity contribution in [3.8, 4) is 0 Å². The maximum atomic E-state index is 13.4. The number of benzene rings is 1. The highest BCUT2D eigenvalue weighted by Crippen LogP contribution is 2.29. The standard InChI is InChI=1S/C14H15Cl2F2NO3/c1-13(2,3)22-12(21)19(11(20)14(4,17)18)10-6-8(15)5-9(16)7-10/h5-7H,1-4H3. The molecular formula is C14H15Cl2F2NO3. The molecule has 0 bridgehead atoms. The molecule has 8 heteroatoms. The van der Waals surface area contributed by atoms with E-state index < -0.39 is 23.5 Å². The lowest BCUT2D eigenvalue weighted by Gasteiger charge is -2.27. The number of rotatable bonds is 2. The molecule has 0 radical (unpaired) electrons. The molecule has 0 atom stereocenters. The van der Waals surface area contributed by atoms with Gasteiger partial charge in [0.15, 0.2) is 0 Å². The van der Waals surface area contributed by atoms with Gasteiger partial charge >= 0.3 is 17.9 Å². The zero-order valence-corrected chi connectivity index (χ0v) is 13.9. The van der Waals surface area contributed by atoms with Crippen LogP contribution in [-0.4, -0.2) is 23.5 Å². The van der Waals surface area contributed by atoms with Crippen LogP contribution in [0.15, 0.2) is 18.2 Å². The predicted molar refractivity (Wildman–Crippen MR) is 80.8 cm³/mol. The molecule has 0 unspecified atom stereocenters. The number of anilines is 1. The van der Waals surface area contributed by atoms with Gasteiger partial charge in [-0.05, 0) is 39.0 Å². The van der Waals surface area contributed by atoms with E-state index in [1.54, 1.807) is 20.8 Å². The predicted octanol–water partition coefficient (Wildman–Crippen LogP) is 4.92. The molecule has 1 aromatic rings. The van der Waals surface area contributed by atoms with E-state index in [9.17, 15) is 18.4 Å². The third kappa shape index (κ3) is 5.10. The van der Waals surface area contributed by atoms with Crippen LogP contribution in [0.1, 0.15) is 27.7 Å². The lowest BCUT2D eigenvalue weighted by Crippen LogP contribution is -2.47. The summed E-state index contributed by atoms with van der Waals surface area (Å²) in [6, 6.07) is 3.68. The molecule has 1 aromatic carbocycles. The van der Waals surface area contributed by atoms with Gasteiger partial charge in [0.1, 0.15) is 5.60 Å². The minimum absolute atomic E-state index is 0.0864. The van der Waals surface area contributed by atoms with E-state index in [-0.39, 0.29) is 20.6 Å². The molecular weight excluding hydrogens is 339 g/mol. The van der Waals surface area contributed by atoms with Crippen LogP contribution in [0.5, 0.6) is 0 Å². The fraction of sp³-hybridized carbons (Fsp3) is 0.429. The van der Waals surface area contributed by atoms with Crippen molar-refractivity contribution < 1.29 is 23.1 Å². The largest absolute Gasteiger partial charge is 0.443 e. The van der Waals surface area contributed by atoms with Crippen molar-refractivity contribution in [2.24, 2.45) is 0 Å². The second-order valence-corrected chi connectivity index (χ2v) is 6.51. The third-order valence-electron chi connectivity index (χ3n) is 2.26. The molecule has 0 aliphatic rings. The van der Waals surface area contributed by atoms with Crippen LogP contribution in [0.25, 0.3) is 0 Å². The van der Waals surface area contributed by atoms with Gasteiger partial charge < -0.3 is 4.74 Å². The second kappa shape index (κ2) is 6.38. The first kappa shape index (κ1) is 18.6. The second-order valence-electron chi connectivity index (χ2n) is 5.64. The van der Waals surface area contributed by atoms with Gasteiger partial charge in [-0.2, -0.15) is 8.78 Å². The Labute approximate surface area is 136 Å². The first-order valence-corrected chi connectivity index (χ1v) is 6.98. The first-order valence-electron chi connectivity index (χ1n) is 6.23. The summed E-state index contributed by atoms with van der Waals surface area (Å²) >= 11 is 11.6. The number of amides is 2. The maximum Gasteiger partial charge on any atom is 0.421 e. The molecule has 0 heterocycles. The number of alkyl halides is 2. The molecule has 1 rings (SSSR count). The Morgan fingerprint density at radius 2 is 1.50 bits per heavy atom. The smallest absolute Gasteiger partial charge is 0.421 e. The topological polar surface area (TPSA) is 46.6 Å². The minimum atomic E-state index is -3.77. The van der Waals surface area contributed by atoms with E-state index in [1.165, 1.54) is 18.2 Å². The van der Waals surface area contributed by atoms with Crippen LogP contribution in [0.2, 0.25) is 10.0 Å². The number of hydrogen-bond acceptors (Lipinski definition) is 3. The average Bonchev–Trinajstić information content (AvgIpc) is 2.23. The van der Waals surface area contributed by atoms with Crippen molar-refractivity contribution in [3.63, 3.8) is 0 Å². The Balaban J connectivity index is 3.34. The summed E-state index contributed by atoms with van der Waals surface area (Å²) in [5.74, 6) is -5.51. The number of imide groups is 1. The summed E-state index contributed by atoms with van der Waals surface area (Å²) in [5.41, 5.74) is -1.17. The summed E-state index contributed by atoms with van der Waals surface area (Å²) in [5, 5.41) is 0.173. The molecule has 4 nitrogen and oxygen atoms in total. The maximum absolute atomic E-state index is 13.4. The van der Waals surface area contributed by atoms with Crippen molar-refractivity contribution in [1.29, 1.82) is 0 Å². The molecule has 0 N–H and O–H groups in total. The Kier molecular flexibility index (Phi) is 5.41. The van der Waals surface area contributed by atoms with Crippen molar-refractivity contribution in [1.82, 2.24) is 0 Å². The number of nitrogens with zero attached hydrogens (tertiary/aromatic N) is 1. The third-order valence-corrected chi connectivity index (χ3v) is 2.70. The molecule has 22 heavy (non-hydrogen) atoms. The molecule has 0 fully saturated rings. The van der Waals surface area contributed by atoms with Crippen molar-refractivity contribution in [2.75, 3.05) is 4.90 Å². The number of halogens is 4. The fourth-order valence-corrected chi connectivity index (χ4v) is 1.99. The highest BCUT2D eigenvalue weighted by atomic mass is 35.5. The van der Waals surface area contributed by atoms with Gasteiger partial charge in [0.25, 0.3) is 0 Å². The fourth-order valence-electron chi connectivity index (χ4n) is 1.48. The van der Waals surface area contributed by atoms with E-state index in [0.717, 1.165) is 0 Å². The van der Waals surface area contributed by atoms with Crippen LogP contribution >= 0.6 is 23.2 Å². The molecule has 2 amide bonds. The SMILES string of the molecule is CC(C)(C)OC(=O)N(C(=O)C(C)(F)F)c1cc(Cl)cc(Cl)c1. The van der Waals surface area contributed by atoms with Gasteiger partial charge in [-0.25, -0.2) is 9.69 Å². The van der Waals surface area contributed by atoms with E-state index in [0.29, 0.717) is 6.92 Å². The summed E-state index contributed by atoms with van der Waals surface area (Å²) in [6.45, 7) is 5.02.